The van der Waals surface area contributed by atoms with Crippen LogP contribution in [0.2, 0.25) is 0 Å². The van der Waals surface area contributed by atoms with E-state index >= 15 is 0 Å². The first-order chi connectivity index (χ1) is 16.7. The number of hydrogen-bond acceptors (Lipinski definition) is 1. The van der Waals surface area contributed by atoms with Crippen molar-refractivity contribution in [3.8, 4) is 18.0 Å². The Balaban J connectivity index is 1.57. The number of hydrogen-bond donors (Lipinski definition) is 0. The highest BCUT2D eigenvalue weighted by molar-refractivity contribution is 6.09. The topological polar surface area (TPSA) is 8.17 Å². The normalized spacial score (nSPS) is 19.5. The van der Waals surface area contributed by atoms with Gasteiger partial charge < -0.3 is 9.47 Å². The molecule has 4 aromatic rings. The molecule has 34 heavy (non-hydrogen) atoms. The molecule has 2 aliphatic rings. The Kier molecular flexibility index (Phi) is 4.78. The second-order valence-corrected chi connectivity index (χ2v) is 9.09. The molecule has 0 N–H and O–H groups in total. The first-order valence-corrected chi connectivity index (χ1v) is 11.8. The van der Waals surface area contributed by atoms with Crippen molar-refractivity contribution in [1.82, 2.24) is 4.57 Å². The van der Waals surface area contributed by atoms with Crippen LogP contribution in [0.25, 0.3) is 27.5 Å². The molecule has 1 aromatic heterocycles. The monoisotopic (exact) mass is 438 g/mol. The largest absolute Gasteiger partial charge is 0.337 e. The van der Waals surface area contributed by atoms with Gasteiger partial charge in [-0.2, -0.15) is 0 Å². The number of rotatable bonds is 3. The van der Waals surface area contributed by atoms with Crippen LogP contribution in [-0.2, 0) is 0 Å². The van der Waals surface area contributed by atoms with Gasteiger partial charge in [-0.3, -0.25) is 0 Å². The van der Waals surface area contributed by atoms with Crippen LogP contribution < -0.4 is 4.90 Å². The van der Waals surface area contributed by atoms with Crippen LogP contribution in [-0.4, -0.2) is 10.6 Å². The summed E-state index contributed by atoms with van der Waals surface area (Å²) in [5.41, 5.74) is 8.60. The van der Waals surface area contributed by atoms with Crippen LogP contribution in [0.15, 0.2) is 114 Å². The highest BCUT2D eigenvalue weighted by Gasteiger charge is 2.36. The van der Waals surface area contributed by atoms with Crippen molar-refractivity contribution in [2.75, 3.05) is 4.90 Å². The minimum atomic E-state index is 0.246. The lowest BCUT2D eigenvalue weighted by atomic mass is 9.90. The fraction of sp³-hybridized carbons (Fsp3) is 0.125. The van der Waals surface area contributed by atoms with Gasteiger partial charge in [-0.25, -0.2) is 0 Å². The molecule has 0 saturated heterocycles. The van der Waals surface area contributed by atoms with Gasteiger partial charge in [-0.15, -0.1) is 6.42 Å². The molecular weight excluding hydrogens is 412 g/mol. The number of terminal acetylenes is 1. The van der Waals surface area contributed by atoms with Gasteiger partial charge in [0.25, 0.3) is 0 Å². The van der Waals surface area contributed by atoms with E-state index in [0.717, 1.165) is 0 Å². The van der Waals surface area contributed by atoms with Crippen LogP contribution in [0.1, 0.15) is 12.5 Å². The summed E-state index contributed by atoms with van der Waals surface area (Å²) in [6.07, 6.45) is 18.3. The lowest BCUT2D eigenvalue weighted by Gasteiger charge is -2.30. The Labute approximate surface area is 200 Å². The summed E-state index contributed by atoms with van der Waals surface area (Å²) < 4.78 is 2.39. The molecule has 3 aromatic carbocycles. The minimum absolute atomic E-state index is 0.246. The zero-order chi connectivity index (χ0) is 23.2. The molecule has 2 heteroatoms. The van der Waals surface area contributed by atoms with E-state index in [0.29, 0.717) is 5.92 Å². The number of aryl methyl sites for hydroxylation is 1. The minimum Gasteiger partial charge on any atom is -0.337 e. The second kappa shape index (κ2) is 7.97. The molecular formula is C32H26N2. The van der Waals surface area contributed by atoms with Crippen molar-refractivity contribution < 1.29 is 0 Å². The molecule has 0 fully saturated rings. The fourth-order valence-corrected chi connectivity index (χ4v) is 5.68. The van der Waals surface area contributed by atoms with E-state index in [2.05, 4.69) is 126 Å². The van der Waals surface area contributed by atoms with Gasteiger partial charge in [-0.1, -0.05) is 66.6 Å². The Morgan fingerprint density at radius 3 is 2.18 bits per heavy atom. The highest BCUT2D eigenvalue weighted by Crippen LogP contribution is 2.42. The SMILES string of the molecule is C#C/C=C\C1=C(C)N(c2cc(C)cc(-n3c4ccccc4c4ccccc43)c2)C2C=CC=CC12. The van der Waals surface area contributed by atoms with Crippen LogP contribution in [0.3, 0.4) is 0 Å². The average molecular weight is 439 g/mol. The van der Waals surface area contributed by atoms with Crippen molar-refractivity contribution >= 4 is 27.5 Å². The first kappa shape index (κ1) is 20.4. The Morgan fingerprint density at radius 1 is 0.824 bits per heavy atom. The summed E-state index contributed by atoms with van der Waals surface area (Å²) in [6, 6.07) is 24.5. The predicted molar refractivity (Wildman–Crippen MR) is 144 cm³/mol. The lowest BCUT2D eigenvalue weighted by molar-refractivity contribution is 0.683. The molecule has 0 bridgehead atoms. The molecule has 2 nitrogen and oxygen atoms in total. The summed E-state index contributed by atoms with van der Waals surface area (Å²) in [6.45, 7) is 4.39. The predicted octanol–water partition coefficient (Wildman–Crippen LogP) is 7.49. The molecule has 2 heterocycles. The van der Waals surface area contributed by atoms with Crippen molar-refractivity contribution in [2.24, 2.45) is 5.92 Å². The van der Waals surface area contributed by atoms with Crippen molar-refractivity contribution in [3.05, 3.63) is 120 Å². The molecule has 2 atom stereocenters. The maximum absolute atomic E-state index is 5.54. The number of nitrogens with zero attached hydrogens (tertiary/aromatic N) is 2. The maximum Gasteiger partial charge on any atom is 0.0626 e. The first-order valence-electron chi connectivity index (χ1n) is 11.8. The van der Waals surface area contributed by atoms with Gasteiger partial charge >= 0.3 is 0 Å². The number of para-hydroxylation sites is 2. The summed E-state index contributed by atoms with van der Waals surface area (Å²) in [5, 5.41) is 2.56. The van der Waals surface area contributed by atoms with E-state index < -0.39 is 0 Å². The quantitative estimate of drug-likeness (QED) is 0.301. The van der Waals surface area contributed by atoms with Gasteiger partial charge in [-0.05, 0) is 67.5 Å². The Morgan fingerprint density at radius 2 is 1.47 bits per heavy atom. The van der Waals surface area contributed by atoms with Gasteiger partial charge in [0.2, 0.25) is 0 Å². The van der Waals surface area contributed by atoms with E-state index in [9.17, 15) is 0 Å². The molecule has 0 amide bonds. The van der Waals surface area contributed by atoms with Crippen LogP contribution in [0.5, 0.6) is 0 Å². The molecule has 164 valence electrons. The molecule has 0 saturated carbocycles. The average Bonchev–Trinajstić information content (AvgIpc) is 3.34. The number of fused-ring (bicyclic) bond motifs is 4. The Hall–Kier alpha value is -4.22. The van der Waals surface area contributed by atoms with Crippen LogP contribution in [0.4, 0.5) is 5.69 Å². The number of aromatic nitrogens is 1. The zero-order valence-electron chi connectivity index (χ0n) is 19.4. The van der Waals surface area contributed by atoms with E-state index in [-0.39, 0.29) is 6.04 Å². The fourth-order valence-electron chi connectivity index (χ4n) is 5.68. The van der Waals surface area contributed by atoms with Crippen LogP contribution in [0, 0.1) is 25.2 Å². The second-order valence-electron chi connectivity index (χ2n) is 9.09. The van der Waals surface area contributed by atoms with Crippen molar-refractivity contribution in [1.29, 1.82) is 0 Å². The molecule has 6 rings (SSSR count). The molecule has 2 unspecified atom stereocenters. The highest BCUT2D eigenvalue weighted by atomic mass is 15.2. The third-order valence-electron chi connectivity index (χ3n) is 7.06. The summed E-state index contributed by atoms with van der Waals surface area (Å²) >= 11 is 0. The Bertz CT molecular complexity index is 1550. The summed E-state index contributed by atoms with van der Waals surface area (Å²) in [7, 11) is 0. The van der Waals surface area contributed by atoms with Gasteiger partial charge in [0.1, 0.15) is 0 Å². The van der Waals surface area contributed by atoms with Gasteiger partial charge in [0.15, 0.2) is 0 Å². The maximum atomic E-state index is 5.54. The number of anilines is 1. The van der Waals surface area contributed by atoms with E-state index in [1.54, 1.807) is 0 Å². The smallest absolute Gasteiger partial charge is 0.0626 e. The molecule has 1 aliphatic carbocycles. The van der Waals surface area contributed by atoms with Gasteiger partial charge in [0.05, 0.1) is 17.1 Å². The lowest BCUT2D eigenvalue weighted by Crippen LogP contribution is -2.32. The summed E-state index contributed by atoms with van der Waals surface area (Å²) in [4.78, 5) is 2.46. The third-order valence-corrected chi connectivity index (χ3v) is 7.06. The van der Waals surface area contributed by atoms with E-state index in [1.165, 1.54) is 50.0 Å². The van der Waals surface area contributed by atoms with Crippen molar-refractivity contribution in [2.45, 2.75) is 19.9 Å². The van der Waals surface area contributed by atoms with Crippen molar-refractivity contribution in [3.63, 3.8) is 0 Å². The molecule has 1 aliphatic heterocycles. The zero-order valence-corrected chi connectivity index (χ0v) is 19.4. The number of benzene rings is 3. The van der Waals surface area contributed by atoms with Gasteiger partial charge in [0, 0.05) is 33.8 Å². The molecule has 0 spiro atoms. The standard InChI is InChI=1S/C32H26N2/c1-4-5-12-26-23(3)33(30-16-9-6-13-27(26)30)24-19-22(2)20-25(21-24)34-31-17-10-7-14-28(31)29-15-8-11-18-32(29)34/h1,5-21,27,30H,2-3H3/b12-5-. The summed E-state index contributed by atoms with van der Waals surface area (Å²) in [5.74, 6) is 2.96. The van der Waals surface area contributed by atoms with E-state index in [4.69, 9.17) is 6.42 Å². The van der Waals surface area contributed by atoms with E-state index in [1.807, 2.05) is 6.08 Å². The third kappa shape index (κ3) is 3.05. The number of allylic oxidation sites excluding steroid dienone is 5. The molecule has 0 radical (unpaired) electrons. The van der Waals surface area contributed by atoms with Crippen LogP contribution >= 0.6 is 0 Å².